The summed E-state index contributed by atoms with van der Waals surface area (Å²) < 4.78 is 11.0. The quantitative estimate of drug-likeness (QED) is 0.508. The van der Waals surface area contributed by atoms with Crippen molar-refractivity contribution in [3.05, 3.63) is 0 Å². The van der Waals surface area contributed by atoms with Crippen molar-refractivity contribution in [2.24, 2.45) is 11.8 Å². The third-order valence-corrected chi connectivity index (χ3v) is 2.79. The molecule has 1 heterocycles. The van der Waals surface area contributed by atoms with Gasteiger partial charge < -0.3 is 9.47 Å². The minimum atomic E-state index is 0.107. The minimum absolute atomic E-state index is 0.107. The summed E-state index contributed by atoms with van der Waals surface area (Å²) in [4.78, 5) is 0. The molecule has 0 aromatic rings. The highest BCUT2D eigenvalue weighted by molar-refractivity contribution is 4.81. The van der Waals surface area contributed by atoms with Gasteiger partial charge in [-0.2, -0.15) is 0 Å². The summed E-state index contributed by atoms with van der Waals surface area (Å²) in [6, 6.07) is 0.204. The van der Waals surface area contributed by atoms with Crippen molar-refractivity contribution in [3.63, 3.8) is 0 Å². The predicted octanol–water partition coefficient (Wildman–Crippen LogP) is 0.670. The van der Waals surface area contributed by atoms with Gasteiger partial charge in [0.05, 0.1) is 32.0 Å². The molecule has 0 aliphatic carbocycles. The monoisotopic (exact) mass is 202 g/mol. The van der Waals surface area contributed by atoms with Crippen LogP contribution in [-0.2, 0) is 9.47 Å². The number of ether oxygens (including phenoxy) is 2. The molecule has 1 saturated heterocycles. The molecule has 1 rings (SSSR count). The van der Waals surface area contributed by atoms with E-state index in [9.17, 15) is 0 Å². The number of hydrazine groups is 1. The highest BCUT2D eigenvalue weighted by Gasteiger charge is 2.28. The lowest BCUT2D eigenvalue weighted by molar-refractivity contribution is -0.108. The summed E-state index contributed by atoms with van der Waals surface area (Å²) >= 11 is 0. The van der Waals surface area contributed by atoms with Crippen LogP contribution in [0.3, 0.4) is 0 Å². The first-order chi connectivity index (χ1) is 6.79. The summed E-state index contributed by atoms with van der Waals surface area (Å²) in [5.74, 6) is 6.07. The van der Waals surface area contributed by atoms with E-state index in [1.807, 2.05) is 0 Å². The first kappa shape index (κ1) is 11.9. The van der Waals surface area contributed by atoms with E-state index >= 15 is 0 Å². The van der Waals surface area contributed by atoms with Crippen molar-refractivity contribution in [2.45, 2.75) is 38.8 Å². The van der Waals surface area contributed by atoms with Gasteiger partial charge in [0.2, 0.25) is 0 Å². The van der Waals surface area contributed by atoms with Gasteiger partial charge in [0.25, 0.3) is 0 Å². The fourth-order valence-electron chi connectivity index (χ4n) is 1.99. The molecule has 0 radical (unpaired) electrons. The first-order valence-electron chi connectivity index (χ1n) is 5.45. The molecule has 3 atom stereocenters. The molecule has 0 amide bonds. The topological polar surface area (TPSA) is 56.5 Å². The van der Waals surface area contributed by atoms with Crippen LogP contribution in [0.25, 0.3) is 0 Å². The number of rotatable bonds is 5. The Morgan fingerprint density at radius 3 is 2.79 bits per heavy atom. The van der Waals surface area contributed by atoms with E-state index in [0.29, 0.717) is 25.7 Å². The van der Waals surface area contributed by atoms with E-state index < -0.39 is 0 Å². The van der Waals surface area contributed by atoms with E-state index in [-0.39, 0.29) is 12.1 Å². The second-order valence-corrected chi connectivity index (χ2v) is 3.94. The smallest absolute Gasteiger partial charge is 0.0978 e. The Morgan fingerprint density at radius 2 is 2.29 bits per heavy atom. The van der Waals surface area contributed by atoms with Crippen LogP contribution in [0.5, 0.6) is 0 Å². The van der Waals surface area contributed by atoms with Gasteiger partial charge in [-0.3, -0.25) is 11.3 Å². The van der Waals surface area contributed by atoms with Gasteiger partial charge in [-0.15, -0.1) is 0 Å². The van der Waals surface area contributed by atoms with Crippen LogP contribution >= 0.6 is 0 Å². The van der Waals surface area contributed by atoms with Gasteiger partial charge in [0, 0.05) is 0 Å². The molecular weight excluding hydrogens is 180 g/mol. The Balaban J connectivity index is 2.41. The van der Waals surface area contributed by atoms with Gasteiger partial charge >= 0.3 is 0 Å². The Labute approximate surface area is 86.1 Å². The molecular formula is C10H22N2O2. The molecule has 14 heavy (non-hydrogen) atoms. The number of nitrogens with one attached hydrogen (secondary N) is 1. The zero-order valence-corrected chi connectivity index (χ0v) is 9.16. The average Bonchev–Trinajstić information content (AvgIpc) is 2.21. The molecule has 0 bridgehead atoms. The second-order valence-electron chi connectivity index (χ2n) is 3.94. The van der Waals surface area contributed by atoms with Crippen LogP contribution in [0.2, 0.25) is 0 Å². The SMILES string of the molecule is CCCC(C)C(NN)C1COCCO1. The van der Waals surface area contributed by atoms with Crippen LogP contribution in [-0.4, -0.2) is 32.0 Å². The van der Waals surface area contributed by atoms with Crippen molar-refractivity contribution in [1.82, 2.24) is 5.43 Å². The fraction of sp³-hybridized carbons (Fsp3) is 1.00. The van der Waals surface area contributed by atoms with Crippen molar-refractivity contribution in [1.29, 1.82) is 0 Å². The Bertz CT molecular complexity index is 149. The summed E-state index contributed by atoms with van der Waals surface area (Å²) in [7, 11) is 0. The summed E-state index contributed by atoms with van der Waals surface area (Å²) in [6.07, 6.45) is 2.44. The zero-order valence-electron chi connectivity index (χ0n) is 9.16. The number of hydrogen-bond donors (Lipinski definition) is 2. The van der Waals surface area contributed by atoms with Crippen molar-refractivity contribution < 1.29 is 9.47 Å². The summed E-state index contributed by atoms with van der Waals surface area (Å²) in [6.45, 7) is 6.43. The van der Waals surface area contributed by atoms with Crippen LogP contribution in [0, 0.1) is 5.92 Å². The average molecular weight is 202 g/mol. The summed E-state index contributed by atoms with van der Waals surface area (Å²) in [5, 5.41) is 0. The number of nitrogens with two attached hydrogens (primary N) is 1. The zero-order chi connectivity index (χ0) is 10.4. The molecule has 0 saturated carbocycles. The Kier molecular flexibility index (Phi) is 5.40. The minimum Gasteiger partial charge on any atom is -0.376 e. The van der Waals surface area contributed by atoms with Crippen molar-refractivity contribution in [3.8, 4) is 0 Å². The Hall–Kier alpha value is -0.160. The lowest BCUT2D eigenvalue weighted by Crippen LogP contribution is -2.52. The van der Waals surface area contributed by atoms with Gasteiger partial charge in [-0.1, -0.05) is 20.3 Å². The summed E-state index contributed by atoms with van der Waals surface area (Å²) in [5.41, 5.74) is 2.85. The van der Waals surface area contributed by atoms with E-state index in [0.717, 1.165) is 6.42 Å². The lowest BCUT2D eigenvalue weighted by Gasteiger charge is -2.33. The first-order valence-corrected chi connectivity index (χ1v) is 5.45. The van der Waals surface area contributed by atoms with Gasteiger partial charge in [0.1, 0.15) is 0 Å². The van der Waals surface area contributed by atoms with Crippen LogP contribution < -0.4 is 11.3 Å². The molecule has 4 heteroatoms. The van der Waals surface area contributed by atoms with Crippen molar-refractivity contribution >= 4 is 0 Å². The largest absolute Gasteiger partial charge is 0.376 e. The highest BCUT2D eigenvalue weighted by atomic mass is 16.6. The van der Waals surface area contributed by atoms with Gasteiger partial charge in [0.15, 0.2) is 0 Å². The van der Waals surface area contributed by atoms with E-state index in [2.05, 4.69) is 19.3 Å². The van der Waals surface area contributed by atoms with Crippen LogP contribution in [0.4, 0.5) is 0 Å². The van der Waals surface area contributed by atoms with E-state index in [1.54, 1.807) is 0 Å². The predicted molar refractivity (Wildman–Crippen MR) is 55.7 cm³/mol. The molecule has 3 N–H and O–H groups in total. The van der Waals surface area contributed by atoms with Crippen molar-refractivity contribution in [2.75, 3.05) is 19.8 Å². The van der Waals surface area contributed by atoms with Gasteiger partial charge in [-0.25, -0.2) is 0 Å². The molecule has 1 aliphatic rings. The maximum Gasteiger partial charge on any atom is 0.0978 e. The molecule has 84 valence electrons. The normalized spacial score (nSPS) is 27.2. The Morgan fingerprint density at radius 1 is 1.50 bits per heavy atom. The number of hydrogen-bond acceptors (Lipinski definition) is 4. The molecule has 1 aliphatic heterocycles. The standard InChI is InChI=1S/C10H22N2O2/c1-3-4-8(2)10(12-11)9-7-13-5-6-14-9/h8-10,12H,3-7,11H2,1-2H3. The maximum atomic E-state index is 5.63. The third kappa shape index (κ3) is 3.20. The fourth-order valence-corrected chi connectivity index (χ4v) is 1.99. The second kappa shape index (κ2) is 6.35. The molecule has 0 spiro atoms. The maximum absolute atomic E-state index is 5.63. The molecule has 0 aromatic heterocycles. The molecule has 0 aromatic carbocycles. The van der Waals surface area contributed by atoms with E-state index in [4.69, 9.17) is 15.3 Å². The molecule has 4 nitrogen and oxygen atoms in total. The van der Waals surface area contributed by atoms with Crippen LogP contribution in [0.1, 0.15) is 26.7 Å². The van der Waals surface area contributed by atoms with Gasteiger partial charge in [-0.05, 0) is 12.3 Å². The molecule has 3 unspecified atom stereocenters. The highest BCUT2D eigenvalue weighted by Crippen LogP contribution is 2.17. The van der Waals surface area contributed by atoms with E-state index in [1.165, 1.54) is 6.42 Å². The third-order valence-electron chi connectivity index (χ3n) is 2.79. The van der Waals surface area contributed by atoms with Crippen LogP contribution in [0.15, 0.2) is 0 Å². The lowest BCUT2D eigenvalue weighted by atomic mass is 9.93. The molecule has 1 fully saturated rings.